The first-order valence-electron chi connectivity index (χ1n) is 5.83. The number of phenols is 1. The monoisotopic (exact) mass is 251 g/mol. The van der Waals surface area contributed by atoms with E-state index in [1.54, 1.807) is 6.07 Å². The molecule has 0 saturated carbocycles. The third-order valence-electron chi connectivity index (χ3n) is 2.42. The first kappa shape index (κ1) is 12.5. The molecule has 18 heavy (non-hydrogen) atoms. The minimum Gasteiger partial charge on any atom is -0.508 e. The molecule has 1 aliphatic rings. The van der Waals surface area contributed by atoms with Crippen LogP contribution in [0.15, 0.2) is 18.2 Å². The van der Waals surface area contributed by atoms with Crippen LogP contribution in [0.1, 0.15) is 20.8 Å². The van der Waals surface area contributed by atoms with Crippen LogP contribution in [0.4, 0.5) is 10.5 Å². The fraction of sp³-hybridized carbons (Fsp3) is 0.462. The molecular weight excluding hydrogens is 234 g/mol. The number of hydrogen-bond donors (Lipinski definition) is 1. The lowest BCUT2D eigenvalue weighted by molar-refractivity contribution is 0.0568. The smallest absolute Gasteiger partial charge is 0.415 e. The number of carbonyl (C=O) groups is 1. The van der Waals surface area contributed by atoms with Crippen molar-refractivity contribution in [3.63, 3.8) is 0 Å². The van der Waals surface area contributed by atoms with Gasteiger partial charge in [0.15, 0.2) is 0 Å². The second-order valence-electron chi connectivity index (χ2n) is 5.13. The Kier molecular flexibility index (Phi) is 3.07. The van der Waals surface area contributed by atoms with Crippen molar-refractivity contribution in [1.82, 2.24) is 0 Å². The minimum absolute atomic E-state index is 0.0906. The number of aromatic hydroxyl groups is 1. The number of hydrogen-bond acceptors (Lipinski definition) is 4. The van der Waals surface area contributed by atoms with Gasteiger partial charge in [-0.1, -0.05) is 0 Å². The average molecular weight is 251 g/mol. The average Bonchev–Trinajstić information content (AvgIpc) is 2.25. The molecule has 0 bridgehead atoms. The molecule has 1 N–H and O–H groups in total. The quantitative estimate of drug-likeness (QED) is 0.769. The van der Waals surface area contributed by atoms with Crippen molar-refractivity contribution >= 4 is 11.8 Å². The van der Waals surface area contributed by atoms with E-state index in [1.165, 1.54) is 17.0 Å². The molecule has 0 fully saturated rings. The molecule has 0 spiro atoms. The summed E-state index contributed by atoms with van der Waals surface area (Å²) in [5, 5.41) is 9.49. The van der Waals surface area contributed by atoms with Gasteiger partial charge in [0.1, 0.15) is 23.7 Å². The number of amides is 1. The number of fused-ring (bicyclic) bond motifs is 1. The van der Waals surface area contributed by atoms with Crippen molar-refractivity contribution in [2.45, 2.75) is 26.4 Å². The fourth-order valence-electron chi connectivity index (χ4n) is 1.71. The molecule has 2 rings (SSSR count). The molecule has 0 saturated heterocycles. The van der Waals surface area contributed by atoms with Gasteiger partial charge in [-0.05, 0) is 32.9 Å². The molecule has 5 heteroatoms. The lowest BCUT2D eigenvalue weighted by atomic mass is 10.2. The van der Waals surface area contributed by atoms with Crippen LogP contribution in [0.5, 0.6) is 11.5 Å². The number of benzene rings is 1. The van der Waals surface area contributed by atoms with Crippen molar-refractivity contribution in [3.8, 4) is 11.5 Å². The van der Waals surface area contributed by atoms with E-state index in [1.807, 2.05) is 20.8 Å². The third-order valence-corrected chi connectivity index (χ3v) is 2.42. The summed E-state index contributed by atoms with van der Waals surface area (Å²) >= 11 is 0. The summed E-state index contributed by atoms with van der Waals surface area (Å²) in [6.07, 6.45) is -0.433. The zero-order valence-electron chi connectivity index (χ0n) is 10.8. The van der Waals surface area contributed by atoms with Crippen molar-refractivity contribution in [3.05, 3.63) is 18.2 Å². The lowest BCUT2D eigenvalue weighted by Gasteiger charge is -2.31. The first-order valence-corrected chi connectivity index (χ1v) is 5.83. The van der Waals surface area contributed by atoms with Crippen LogP contribution in [0.2, 0.25) is 0 Å². The molecule has 0 atom stereocenters. The second-order valence-corrected chi connectivity index (χ2v) is 5.13. The highest BCUT2D eigenvalue weighted by Gasteiger charge is 2.28. The van der Waals surface area contributed by atoms with Gasteiger partial charge in [-0.15, -0.1) is 0 Å². The predicted molar refractivity (Wildman–Crippen MR) is 67.2 cm³/mol. The molecular formula is C13H17NO4. The third kappa shape index (κ3) is 2.67. The Balaban J connectivity index is 2.27. The summed E-state index contributed by atoms with van der Waals surface area (Å²) < 4.78 is 10.8. The summed E-state index contributed by atoms with van der Waals surface area (Å²) in [5.41, 5.74) is -0.0117. The minimum atomic E-state index is -0.549. The van der Waals surface area contributed by atoms with E-state index >= 15 is 0 Å². The van der Waals surface area contributed by atoms with Gasteiger partial charge in [0.05, 0.1) is 12.2 Å². The van der Waals surface area contributed by atoms with E-state index in [0.29, 0.717) is 24.6 Å². The van der Waals surface area contributed by atoms with Crippen molar-refractivity contribution in [1.29, 1.82) is 0 Å². The first-order chi connectivity index (χ1) is 8.37. The largest absolute Gasteiger partial charge is 0.508 e. The van der Waals surface area contributed by atoms with Crippen LogP contribution in [0, 0.1) is 0 Å². The van der Waals surface area contributed by atoms with Crippen LogP contribution >= 0.6 is 0 Å². The Morgan fingerprint density at radius 2 is 2.17 bits per heavy atom. The van der Waals surface area contributed by atoms with Gasteiger partial charge in [-0.3, -0.25) is 4.90 Å². The molecule has 0 radical (unpaired) electrons. The van der Waals surface area contributed by atoms with Crippen LogP contribution < -0.4 is 9.64 Å². The highest BCUT2D eigenvalue weighted by Crippen LogP contribution is 2.35. The summed E-state index contributed by atoms with van der Waals surface area (Å²) in [6.45, 7) is 6.26. The number of ether oxygens (including phenoxy) is 2. The highest BCUT2D eigenvalue weighted by molar-refractivity contribution is 5.90. The van der Waals surface area contributed by atoms with Gasteiger partial charge in [-0.25, -0.2) is 4.79 Å². The maximum absolute atomic E-state index is 12.1. The van der Waals surface area contributed by atoms with Crippen molar-refractivity contribution in [2.75, 3.05) is 18.1 Å². The molecule has 0 aromatic heterocycles. The molecule has 1 heterocycles. The van der Waals surface area contributed by atoms with Crippen LogP contribution in [0.3, 0.4) is 0 Å². The summed E-state index contributed by atoms with van der Waals surface area (Å²) in [6, 6.07) is 4.66. The zero-order valence-corrected chi connectivity index (χ0v) is 10.8. The van der Waals surface area contributed by atoms with Gasteiger partial charge in [0, 0.05) is 6.07 Å². The van der Waals surface area contributed by atoms with Gasteiger partial charge in [0.25, 0.3) is 0 Å². The summed E-state index contributed by atoms with van der Waals surface area (Å²) in [7, 11) is 0. The maximum atomic E-state index is 12.1. The van der Waals surface area contributed by atoms with E-state index in [9.17, 15) is 9.90 Å². The fourth-order valence-corrected chi connectivity index (χ4v) is 1.71. The second kappa shape index (κ2) is 4.40. The SMILES string of the molecule is CC(C)(C)OC(=O)N1CCOc2ccc(O)cc21. The Morgan fingerprint density at radius 1 is 1.44 bits per heavy atom. The Bertz CT molecular complexity index is 465. The lowest BCUT2D eigenvalue weighted by Crippen LogP contribution is -2.41. The Labute approximate surface area is 106 Å². The van der Waals surface area contributed by atoms with Crippen LogP contribution in [-0.4, -0.2) is 30.0 Å². The molecule has 1 aliphatic heterocycles. The standard InChI is InChI=1S/C13H17NO4/c1-13(2,3)18-12(16)14-6-7-17-11-5-4-9(15)8-10(11)14/h4-5,8,15H,6-7H2,1-3H3. The summed E-state index contributed by atoms with van der Waals surface area (Å²) in [4.78, 5) is 13.5. The van der Waals surface area contributed by atoms with Crippen molar-refractivity contribution in [2.24, 2.45) is 0 Å². The molecule has 5 nitrogen and oxygen atoms in total. The number of nitrogens with zero attached hydrogens (tertiary/aromatic N) is 1. The van der Waals surface area contributed by atoms with E-state index in [4.69, 9.17) is 9.47 Å². The van der Waals surface area contributed by atoms with Gasteiger partial charge in [0.2, 0.25) is 0 Å². The molecule has 1 aromatic carbocycles. The van der Waals surface area contributed by atoms with Gasteiger partial charge in [-0.2, -0.15) is 0 Å². The normalized spacial score (nSPS) is 14.7. The van der Waals surface area contributed by atoms with Gasteiger partial charge < -0.3 is 14.6 Å². The van der Waals surface area contributed by atoms with Crippen LogP contribution in [-0.2, 0) is 4.74 Å². The molecule has 0 unspecified atom stereocenters. The van der Waals surface area contributed by atoms with Crippen LogP contribution in [0.25, 0.3) is 0 Å². The Hall–Kier alpha value is -1.91. The van der Waals surface area contributed by atoms with E-state index in [2.05, 4.69) is 0 Å². The number of anilines is 1. The van der Waals surface area contributed by atoms with E-state index in [-0.39, 0.29) is 5.75 Å². The van der Waals surface area contributed by atoms with E-state index in [0.717, 1.165) is 0 Å². The number of rotatable bonds is 0. The molecule has 1 aromatic rings. The predicted octanol–water partition coefficient (Wildman–Crippen LogP) is 2.53. The molecule has 0 aliphatic carbocycles. The molecule has 1 amide bonds. The van der Waals surface area contributed by atoms with Crippen molar-refractivity contribution < 1.29 is 19.4 Å². The number of carbonyl (C=O) groups excluding carboxylic acids is 1. The van der Waals surface area contributed by atoms with E-state index < -0.39 is 11.7 Å². The highest BCUT2D eigenvalue weighted by atomic mass is 16.6. The maximum Gasteiger partial charge on any atom is 0.415 e. The molecule has 98 valence electrons. The Morgan fingerprint density at radius 3 is 2.83 bits per heavy atom. The number of phenolic OH excluding ortho intramolecular Hbond substituents is 1. The zero-order chi connectivity index (χ0) is 13.3. The summed E-state index contributed by atoms with van der Waals surface area (Å²) in [5.74, 6) is 0.665. The van der Waals surface area contributed by atoms with Gasteiger partial charge >= 0.3 is 6.09 Å². The topological polar surface area (TPSA) is 59.0 Å².